The van der Waals surface area contributed by atoms with Gasteiger partial charge >= 0.3 is 11.8 Å². The molecule has 2 rings (SSSR count). The van der Waals surface area contributed by atoms with Gasteiger partial charge in [-0.25, -0.2) is 5.43 Å². The van der Waals surface area contributed by atoms with Crippen LogP contribution >= 0.6 is 0 Å². The van der Waals surface area contributed by atoms with Crippen molar-refractivity contribution in [3.8, 4) is 11.5 Å². The highest BCUT2D eigenvalue weighted by Crippen LogP contribution is 2.27. The van der Waals surface area contributed by atoms with Gasteiger partial charge in [-0.1, -0.05) is 0 Å². The van der Waals surface area contributed by atoms with E-state index in [0.717, 1.165) is 18.4 Å². The van der Waals surface area contributed by atoms with E-state index in [1.165, 1.54) is 6.21 Å². The first-order valence-electron chi connectivity index (χ1n) is 7.67. The minimum atomic E-state index is -0.774. The van der Waals surface area contributed by atoms with Crippen molar-refractivity contribution in [1.29, 1.82) is 0 Å². The Bertz CT molecular complexity index is 597. The summed E-state index contributed by atoms with van der Waals surface area (Å²) in [5.74, 6) is -0.175. The minimum Gasteiger partial charge on any atom is -0.490 e. The molecule has 7 heteroatoms. The van der Waals surface area contributed by atoms with Gasteiger partial charge in [0.05, 0.1) is 19.4 Å². The smallest absolute Gasteiger partial charge is 0.329 e. The third-order valence-electron chi connectivity index (χ3n) is 3.07. The summed E-state index contributed by atoms with van der Waals surface area (Å²) in [6.45, 7) is 4.83. The van der Waals surface area contributed by atoms with Crippen molar-refractivity contribution >= 4 is 18.0 Å². The van der Waals surface area contributed by atoms with Crippen molar-refractivity contribution in [1.82, 2.24) is 10.7 Å². The predicted octanol–water partition coefficient (Wildman–Crippen LogP) is 1.21. The molecule has 0 radical (unpaired) electrons. The monoisotopic (exact) mass is 319 g/mol. The van der Waals surface area contributed by atoms with Crippen molar-refractivity contribution in [2.75, 3.05) is 13.2 Å². The van der Waals surface area contributed by atoms with Crippen molar-refractivity contribution in [2.45, 2.75) is 32.7 Å². The van der Waals surface area contributed by atoms with E-state index < -0.39 is 11.8 Å². The van der Waals surface area contributed by atoms with E-state index >= 15 is 0 Å². The first-order chi connectivity index (χ1) is 11.1. The molecule has 1 saturated carbocycles. The number of ether oxygens (including phenoxy) is 2. The number of amides is 2. The van der Waals surface area contributed by atoms with Crippen molar-refractivity contribution in [2.24, 2.45) is 5.10 Å². The van der Waals surface area contributed by atoms with Crippen molar-refractivity contribution in [3.63, 3.8) is 0 Å². The zero-order valence-corrected chi connectivity index (χ0v) is 13.3. The second kappa shape index (κ2) is 8.17. The lowest BCUT2D eigenvalue weighted by Gasteiger charge is -2.11. The number of benzene rings is 1. The van der Waals surface area contributed by atoms with Gasteiger partial charge in [0.2, 0.25) is 0 Å². The Morgan fingerprint density at radius 1 is 1.17 bits per heavy atom. The summed E-state index contributed by atoms with van der Waals surface area (Å²) >= 11 is 0. The average molecular weight is 319 g/mol. The second-order valence-electron chi connectivity index (χ2n) is 5.02. The molecule has 0 saturated heterocycles. The Kier molecular flexibility index (Phi) is 5.96. The van der Waals surface area contributed by atoms with E-state index in [-0.39, 0.29) is 6.04 Å². The first-order valence-corrected chi connectivity index (χ1v) is 7.67. The molecule has 2 amide bonds. The Labute approximate surface area is 135 Å². The first kappa shape index (κ1) is 16.8. The zero-order chi connectivity index (χ0) is 16.7. The lowest BCUT2D eigenvalue weighted by atomic mass is 10.2. The van der Waals surface area contributed by atoms with E-state index in [1.54, 1.807) is 18.2 Å². The summed E-state index contributed by atoms with van der Waals surface area (Å²) in [5, 5.41) is 6.37. The molecule has 0 heterocycles. The maximum Gasteiger partial charge on any atom is 0.329 e. The van der Waals surface area contributed by atoms with Crippen LogP contribution in [0, 0.1) is 0 Å². The molecule has 23 heavy (non-hydrogen) atoms. The van der Waals surface area contributed by atoms with Gasteiger partial charge in [-0.3, -0.25) is 9.59 Å². The summed E-state index contributed by atoms with van der Waals surface area (Å²) in [6.07, 6.45) is 3.30. The lowest BCUT2D eigenvalue weighted by molar-refractivity contribution is -0.139. The number of carbonyl (C=O) groups is 2. The standard InChI is InChI=1S/C16H21N3O4/c1-3-22-13-8-5-11(9-14(13)23-4-2)10-17-19-16(21)15(20)18-12-6-7-12/h5,8-10,12H,3-4,6-7H2,1-2H3,(H,18,20)(H,19,21)/b17-10-. The molecule has 1 fully saturated rings. The zero-order valence-electron chi connectivity index (χ0n) is 13.3. The van der Waals surface area contributed by atoms with Gasteiger partial charge in [0.25, 0.3) is 0 Å². The summed E-state index contributed by atoms with van der Waals surface area (Å²) in [7, 11) is 0. The van der Waals surface area contributed by atoms with Crippen LogP contribution in [0.15, 0.2) is 23.3 Å². The molecular weight excluding hydrogens is 298 g/mol. The Balaban J connectivity index is 1.93. The molecule has 0 spiro atoms. The molecule has 1 aliphatic carbocycles. The fourth-order valence-electron chi connectivity index (χ4n) is 1.84. The number of nitrogens with one attached hydrogen (secondary N) is 2. The number of rotatable bonds is 7. The van der Waals surface area contributed by atoms with Gasteiger partial charge in [-0.2, -0.15) is 5.10 Å². The van der Waals surface area contributed by atoms with Gasteiger partial charge in [0, 0.05) is 6.04 Å². The largest absolute Gasteiger partial charge is 0.490 e. The van der Waals surface area contributed by atoms with E-state index in [1.807, 2.05) is 13.8 Å². The fourth-order valence-corrected chi connectivity index (χ4v) is 1.84. The van der Waals surface area contributed by atoms with Crippen molar-refractivity contribution < 1.29 is 19.1 Å². The van der Waals surface area contributed by atoms with E-state index in [2.05, 4.69) is 15.8 Å². The third-order valence-corrected chi connectivity index (χ3v) is 3.07. The molecule has 7 nitrogen and oxygen atoms in total. The summed E-state index contributed by atoms with van der Waals surface area (Å²) < 4.78 is 11.0. The molecule has 0 aromatic heterocycles. The van der Waals surface area contributed by atoms with Crippen LogP contribution in [0.1, 0.15) is 32.3 Å². The molecular formula is C16H21N3O4. The molecule has 0 unspecified atom stereocenters. The topological polar surface area (TPSA) is 89.0 Å². The van der Waals surface area contributed by atoms with Gasteiger partial charge in [-0.15, -0.1) is 0 Å². The molecule has 1 aromatic carbocycles. The second-order valence-corrected chi connectivity index (χ2v) is 5.02. The maximum atomic E-state index is 11.5. The van der Waals surface area contributed by atoms with Gasteiger partial charge in [0.15, 0.2) is 11.5 Å². The van der Waals surface area contributed by atoms with Crippen LogP contribution in [0.25, 0.3) is 0 Å². The molecule has 2 N–H and O–H groups in total. The molecule has 0 bridgehead atoms. The van der Waals surface area contributed by atoms with Crippen LogP contribution in [-0.4, -0.2) is 37.3 Å². The number of hydrogen-bond acceptors (Lipinski definition) is 5. The SMILES string of the molecule is CCOc1ccc(/C=N\NC(=O)C(=O)NC2CC2)cc1OCC. The highest BCUT2D eigenvalue weighted by Gasteiger charge is 2.26. The lowest BCUT2D eigenvalue weighted by Crippen LogP contribution is -2.38. The van der Waals surface area contributed by atoms with Gasteiger partial charge in [-0.05, 0) is 50.5 Å². The molecule has 124 valence electrons. The highest BCUT2D eigenvalue weighted by molar-refractivity contribution is 6.35. The van der Waals surface area contributed by atoms with Crippen LogP contribution in [0.4, 0.5) is 0 Å². The maximum absolute atomic E-state index is 11.5. The number of nitrogens with zero attached hydrogens (tertiary/aromatic N) is 1. The number of carbonyl (C=O) groups excluding carboxylic acids is 2. The Hall–Kier alpha value is -2.57. The van der Waals surface area contributed by atoms with Crippen LogP contribution < -0.4 is 20.2 Å². The fraction of sp³-hybridized carbons (Fsp3) is 0.438. The van der Waals surface area contributed by atoms with E-state index in [0.29, 0.717) is 24.7 Å². The molecule has 0 atom stereocenters. The number of hydrogen-bond donors (Lipinski definition) is 2. The quantitative estimate of drug-likeness (QED) is 0.449. The third kappa shape index (κ3) is 5.28. The molecule has 1 aliphatic rings. The summed E-state index contributed by atoms with van der Waals surface area (Å²) in [5.41, 5.74) is 2.92. The van der Waals surface area contributed by atoms with Crippen LogP contribution in [0.3, 0.4) is 0 Å². The van der Waals surface area contributed by atoms with Gasteiger partial charge in [0.1, 0.15) is 0 Å². The normalized spacial score (nSPS) is 13.7. The van der Waals surface area contributed by atoms with Crippen molar-refractivity contribution in [3.05, 3.63) is 23.8 Å². The Morgan fingerprint density at radius 3 is 2.52 bits per heavy atom. The minimum absolute atomic E-state index is 0.136. The predicted molar refractivity (Wildman–Crippen MR) is 85.7 cm³/mol. The summed E-state index contributed by atoms with van der Waals surface area (Å²) in [6, 6.07) is 5.45. The van der Waals surface area contributed by atoms with Crippen LogP contribution in [-0.2, 0) is 9.59 Å². The van der Waals surface area contributed by atoms with E-state index in [4.69, 9.17) is 9.47 Å². The van der Waals surface area contributed by atoms with Crippen LogP contribution in [0.5, 0.6) is 11.5 Å². The Morgan fingerprint density at radius 2 is 1.87 bits per heavy atom. The average Bonchev–Trinajstić information content (AvgIpc) is 3.34. The van der Waals surface area contributed by atoms with E-state index in [9.17, 15) is 9.59 Å². The summed E-state index contributed by atoms with van der Waals surface area (Å²) in [4.78, 5) is 23.0. The highest BCUT2D eigenvalue weighted by atomic mass is 16.5. The molecule has 0 aliphatic heterocycles. The van der Waals surface area contributed by atoms with Gasteiger partial charge < -0.3 is 14.8 Å². The molecule has 1 aromatic rings. The number of hydrazone groups is 1. The van der Waals surface area contributed by atoms with Crippen LogP contribution in [0.2, 0.25) is 0 Å².